The first-order valence-corrected chi connectivity index (χ1v) is 10.3. The van der Waals surface area contributed by atoms with Crippen LogP contribution in [0, 0.1) is 0 Å². The van der Waals surface area contributed by atoms with Gasteiger partial charge in [-0.3, -0.25) is 0 Å². The van der Waals surface area contributed by atoms with Crippen LogP contribution in [0.15, 0.2) is 61.2 Å². The van der Waals surface area contributed by atoms with Gasteiger partial charge in [0.2, 0.25) is 0 Å². The zero-order chi connectivity index (χ0) is 20.1. The first kappa shape index (κ1) is 21.1. The van der Waals surface area contributed by atoms with Gasteiger partial charge in [-0.15, -0.1) is 11.8 Å². The molecule has 1 atom stereocenters. The minimum atomic E-state index is -4.39. The lowest BCUT2D eigenvalue weighted by Crippen LogP contribution is -2.12. The van der Waals surface area contributed by atoms with Gasteiger partial charge in [0.25, 0.3) is 0 Å². The van der Waals surface area contributed by atoms with E-state index in [9.17, 15) is 13.2 Å². The van der Waals surface area contributed by atoms with Gasteiger partial charge in [-0.05, 0) is 35.7 Å². The molecule has 1 aromatic heterocycles. The molecule has 1 unspecified atom stereocenters. The Morgan fingerprint density at radius 2 is 1.86 bits per heavy atom. The van der Waals surface area contributed by atoms with E-state index in [4.69, 9.17) is 23.2 Å². The fourth-order valence-electron chi connectivity index (χ4n) is 2.88. The van der Waals surface area contributed by atoms with Gasteiger partial charge in [-0.25, -0.2) is 4.98 Å². The highest BCUT2D eigenvalue weighted by Crippen LogP contribution is 2.42. The third kappa shape index (κ3) is 5.46. The highest BCUT2D eigenvalue weighted by atomic mass is 35.5. The fraction of sp³-hybridized carbons (Fsp3) is 0.250. The first-order valence-electron chi connectivity index (χ1n) is 8.52. The summed E-state index contributed by atoms with van der Waals surface area (Å²) in [4.78, 5) is 3.99. The van der Waals surface area contributed by atoms with Crippen LogP contribution in [0.25, 0.3) is 0 Å². The molecule has 0 amide bonds. The summed E-state index contributed by atoms with van der Waals surface area (Å²) in [5.41, 5.74) is 0.615. The van der Waals surface area contributed by atoms with E-state index in [2.05, 4.69) is 4.98 Å². The predicted molar refractivity (Wildman–Crippen MR) is 109 cm³/mol. The summed E-state index contributed by atoms with van der Waals surface area (Å²) < 4.78 is 42.4. The zero-order valence-corrected chi connectivity index (χ0v) is 17.0. The highest BCUT2D eigenvalue weighted by molar-refractivity contribution is 7.98. The molecule has 2 nitrogen and oxygen atoms in total. The smallest absolute Gasteiger partial charge is 0.337 e. The number of benzene rings is 2. The summed E-state index contributed by atoms with van der Waals surface area (Å²) in [6, 6.07) is 11.0. The molecule has 3 aromatic rings. The number of imidazole rings is 1. The van der Waals surface area contributed by atoms with Gasteiger partial charge in [0.15, 0.2) is 0 Å². The quantitative estimate of drug-likeness (QED) is 0.381. The molecular weight excluding hydrogens is 428 g/mol. The van der Waals surface area contributed by atoms with Crippen LogP contribution in [0.4, 0.5) is 13.2 Å². The van der Waals surface area contributed by atoms with Crippen molar-refractivity contribution in [3.8, 4) is 0 Å². The molecule has 3 rings (SSSR count). The number of hydrogen-bond acceptors (Lipinski definition) is 2. The molecule has 0 aliphatic carbocycles. The van der Waals surface area contributed by atoms with E-state index in [0.29, 0.717) is 34.3 Å². The summed E-state index contributed by atoms with van der Waals surface area (Å²) in [6.07, 6.45) is 1.26. The summed E-state index contributed by atoms with van der Waals surface area (Å²) >= 11 is 13.5. The van der Waals surface area contributed by atoms with E-state index in [1.807, 2.05) is 10.6 Å². The Bertz CT molecular complexity index is 914. The number of rotatable bonds is 7. The van der Waals surface area contributed by atoms with E-state index >= 15 is 0 Å². The van der Waals surface area contributed by atoms with Crippen LogP contribution in [-0.2, 0) is 18.5 Å². The molecule has 0 radical (unpaired) electrons. The van der Waals surface area contributed by atoms with Crippen molar-refractivity contribution in [3.63, 3.8) is 0 Å². The van der Waals surface area contributed by atoms with Crippen molar-refractivity contribution in [1.29, 1.82) is 0 Å². The van der Waals surface area contributed by atoms with Crippen LogP contribution in [0.5, 0.6) is 0 Å². The van der Waals surface area contributed by atoms with Gasteiger partial charge in [0.1, 0.15) is 0 Å². The number of nitrogens with zero attached hydrogens (tertiary/aromatic N) is 2. The second kappa shape index (κ2) is 9.25. The van der Waals surface area contributed by atoms with Gasteiger partial charge in [0, 0.05) is 29.9 Å². The van der Waals surface area contributed by atoms with Gasteiger partial charge in [-0.2, -0.15) is 13.2 Å². The maximum atomic E-state index is 13.5. The lowest BCUT2D eigenvalue weighted by Gasteiger charge is -2.22. The van der Waals surface area contributed by atoms with Gasteiger partial charge < -0.3 is 4.57 Å². The van der Waals surface area contributed by atoms with Crippen molar-refractivity contribution in [2.75, 3.05) is 0 Å². The van der Waals surface area contributed by atoms with Crippen LogP contribution in [-0.4, -0.2) is 9.55 Å². The van der Waals surface area contributed by atoms with E-state index < -0.39 is 11.7 Å². The van der Waals surface area contributed by atoms with Crippen LogP contribution in [0.2, 0.25) is 10.0 Å². The number of halogens is 5. The van der Waals surface area contributed by atoms with E-state index in [0.717, 1.165) is 11.6 Å². The maximum Gasteiger partial charge on any atom is 0.416 e. The molecule has 2 aromatic carbocycles. The van der Waals surface area contributed by atoms with Gasteiger partial charge >= 0.3 is 6.18 Å². The van der Waals surface area contributed by atoms with Crippen molar-refractivity contribution in [1.82, 2.24) is 9.55 Å². The number of aryl methyl sites for hydroxylation is 1. The molecule has 0 N–H and O–H groups in total. The minimum Gasteiger partial charge on any atom is -0.337 e. The third-order valence-corrected chi connectivity index (χ3v) is 6.39. The summed E-state index contributed by atoms with van der Waals surface area (Å²) in [5, 5.41) is 0.551. The SMILES string of the molecule is FC(F)(F)c1ccccc1C(CCn1ccnc1)SCc1ccc(Cl)c(Cl)c1. The molecule has 148 valence electrons. The van der Waals surface area contributed by atoms with Crippen molar-refractivity contribution < 1.29 is 13.2 Å². The van der Waals surface area contributed by atoms with Crippen molar-refractivity contribution >= 4 is 35.0 Å². The van der Waals surface area contributed by atoms with Crippen LogP contribution in [0.3, 0.4) is 0 Å². The fourth-order valence-corrected chi connectivity index (χ4v) is 4.43. The Kier molecular flexibility index (Phi) is 6.96. The molecule has 8 heteroatoms. The number of aromatic nitrogens is 2. The van der Waals surface area contributed by atoms with E-state index in [1.54, 1.807) is 43.0 Å². The monoisotopic (exact) mass is 444 g/mol. The van der Waals surface area contributed by atoms with Gasteiger partial charge in [-0.1, -0.05) is 47.5 Å². The molecule has 28 heavy (non-hydrogen) atoms. The number of hydrogen-bond donors (Lipinski definition) is 0. The average Bonchev–Trinajstić information content (AvgIpc) is 3.17. The number of alkyl halides is 3. The standard InChI is InChI=1S/C20H17Cl2F3N2S/c21-17-6-5-14(11-18(17)22)12-28-19(7-9-27-10-8-26-13-27)15-3-1-2-4-16(15)20(23,24)25/h1-6,8,10-11,13,19H,7,9,12H2. The second-order valence-corrected chi connectivity index (χ2v) is 8.23. The first-order chi connectivity index (χ1) is 13.3. The molecule has 0 fully saturated rings. The summed E-state index contributed by atoms with van der Waals surface area (Å²) in [5.74, 6) is 0.525. The maximum absolute atomic E-state index is 13.5. The molecule has 0 aliphatic heterocycles. The minimum absolute atomic E-state index is 0.292. The Morgan fingerprint density at radius 3 is 2.54 bits per heavy atom. The summed E-state index contributed by atoms with van der Waals surface area (Å²) in [7, 11) is 0. The van der Waals surface area contributed by atoms with Crippen LogP contribution < -0.4 is 0 Å². The third-order valence-electron chi connectivity index (χ3n) is 4.26. The van der Waals surface area contributed by atoms with E-state index in [1.165, 1.54) is 17.8 Å². The lowest BCUT2D eigenvalue weighted by molar-refractivity contribution is -0.138. The topological polar surface area (TPSA) is 17.8 Å². The average molecular weight is 445 g/mol. The lowest BCUT2D eigenvalue weighted by atomic mass is 10.0. The Morgan fingerprint density at radius 1 is 1.07 bits per heavy atom. The van der Waals surface area contributed by atoms with Crippen LogP contribution >= 0.6 is 35.0 Å². The molecule has 0 aliphatic rings. The van der Waals surface area contributed by atoms with E-state index in [-0.39, 0.29) is 5.25 Å². The molecule has 0 spiro atoms. The second-order valence-electron chi connectivity index (χ2n) is 6.22. The normalized spacial score (nSPS) is 12.9. The summed E-state index contributed by atoms with van der Waals surface area (Å²) in [6.45, 7) is 0.575. The highest BCUT2D eigenvalue weighted by Gasteiger charge is 2.35. The molecule has 0 saturated heterocycles. The zero-order valence-electron chi connectivity index (χ0n) is 14.7. The Hall–Kier alpha value is -1.63. The molecule has 1 heterocycles. The predicted octanol–water partition coefficient (Wildman–Crippen LogP) is 7.27. The Balaban J connectivity index is 1.83. The number of thioether (sulfide) groups is 1. The molecule has 0 bridgehead atoms. The van der Waals surface area contributed by atoms with Crippen molar-refractivity contribution in [3.05, 3.63) is 87.9 Å². The molecular formula is C20H17Cl2F3N2S. The molecule has 0 saturated carbocycles. The van der Waals surface area contributed by atoms with Crippen molar-refractivity contribution in [2.24, 2.45) is 0 Å². The Labute approximate surface area is 175 Å². The van der Waals surface area contributed by atoms with Crippen molar-refractivity contribution in [2.45, 2.75) is 30.1 Å². The van der Waals surface area contributed by atoms with Crippen LogP contribution in [0.1, 0.15) is 28.4 Å². The largest absolute Gasteiger partial charge is 0.416 e. The van der Waals surface area contributed by atoms with Gasteiger partial charge in [0.05, 0.1) is 21.9 Å².